The van der Waals surface area contributed by atoms with E-state index in [4.69, 9.17) is 13.9 Å². The Hall–Kier alpha value is -2.11. The highest BCUT2D eigenvalue weighted by Crippen LogP contribution is 2.21. The maximum Gasteiger partial charge on any atom is 0.336 e. The average Bonchev–Trinajstić information content (AvgIpc) is 2.59. The number of aliphatic hydroxyl groups excluding tert-OH is 1. The Morgan fingerprint density at radius 1 is 1.31 bits per heavy atom. The third-order valence-corrected chi connectivity index (χ3v) is 4.41. The second kappa shape index (κ2) is 9.01. The SMILES string of the molecule is CCOC(C)(C)[C@H](O)CCC(C)=CCOc1ccc2ccc(=O)oc2c1. The molecule has 0 aliphatic heterocycles. The Labute approximate surface area is 154 Å². The van der Waals surface area contributed by atoms with Crippen molar-refractivity contribution in [2.24, 2.45) is 0 Å². The van der Waals surface area contributed by atoms with Gasteiger partial charge in [-0.3, -0.25) is 0 Å². The molecule has 0 radical (unpaired) electrons. The van der Waals surface area contributed by atoms with E-state index < -0.39 is 11.7 Å². The molecule has 0 amide bonds. The summed E-state index contributed by atoms with van der Waals surface area (Å²) in [6.07, 6.45) is 2.88. The number of aliphatic hydroxyl groups is 1. The molecule has 1 atom stereocenters. The summed E-state index contributed by atoms with van der Waals surface area (Å²) in [7, 11) is 0. The minimum atomic E-state index is -0.541. The zero-order valence-electron chi connectivity index (χ0n) is 16.0. The van der Waals surface area contributed by atoms with Crippen molar-refractivity contribution in [3.05, 3.63) is 52.4 Å². The number of hydrogen-bond acceptors (Lipinski definition) is 5. The molecule has 5 nitrogen and oxygen atoms in total. The van der Waals surface area contributed by atoms with Gasteiger partial charge in [-0.25, -0.2) is 4.79 Å². The summed E-state index contributed by atoms with van der Waals surface area (Å²) in [6, 6.07) is 8.55. The molecule has 26 heavy (non-hydrogen) atoms. The van der Waals surface area contributed by atoms with Crippen molar-refractivity contribution in [1.29, 1.82) is 0 Å². The topological polar surface area (TPSA) is 68.9 Å². The molecule has 0 unspecified atom stereocenters. The van der Waals surface area contributed by atoms with Crippen molar-refractivity contribution < 1.29 is 19.0 Å². The number of rotatable bonds is 9. The first-order chi connectivity index (χ1) is 12.3. The molecule has 5 heteroatoms. The zero-order valence-corrected chi connectivity index (χ0v) is 16.0. The molecule has 142 valence electrons. The van der Waals surface area contributed by atoms with Crippen LogP contribution in [0.15, 0.2) is 51.2 Å². The molecule has 0 spiro atoms. The van der Waals surface area contributed by atoms with Crippen LogP contribution in [0.3, 0.4) is 0 Å². The van der Waals surface area contributed by atoms with Crippen LogP contribution in [0.2, 0.25) is 0 Å². The minimum Gasteiger partial charge on any atom is -0.489 e. The molecule has 0 saturated carbocycles. The summed E-state index contributed by atoms with van der Waals surface area (Å²) < 4.78 is 16.4. The van der Waals surface area contributed by atoms with Gasteiger partial charge in [0.1, 0.15) is 17.9 Å². The van der Waals surface area contributed by atoms with Gasteiger partial charge in [-0.15, -0.1) is 0 Å². The van der Waals surface area contributed by atoms with Gasteiger partial charge in [0.2, 0.25) is 0 Å². The summed E-state index contributed by atoms with van der Waals surface area (Å²) in [5.74, 6) is 0.647. The van der Waals surface area contributed by atoms with Crippen molar-refractivity contribution >= 4 is 11.0 Å². The molecule has 1 aromatic carbocycles. The van der Waals surface area contributed by atoms with Crippen LogP contribution in [0.5, 0.6) is 5.75 Å². The largest absolute Gasteiger partial charge is 0.489 e. The first-order valence-electron chi connectivity index (χ1n) is 8.96. The van der Waals surface area contributed by atoms with E-state index in [1.807, 2.05) is 45.9 Å². The Morgan fingerprint density at radius 2 is 2.04 bits per heavy atom. The lowest BCUT2D eigenvalue weighted by molar-refractivity contribution is -0.0983. The van der Waals surface area contributed by atoms with E-state index in [0.717, 1.165) is 17.4 Å². The molecule has 0 bridgehead atoms. The molecule has 0 aliphatic rings. The Bertz CT molecular complexity index is 803. The predicted molar refractivity (Wildman–Crippen MR) is 103 cm³/mol. The molecule has 2 rings (SSSR count). The van der Waals surface area contributed by atoms with Crippen molar-refractivity contribution in [3.63, 3.8) is 0 Å². The Balaban J connectivity index is 1.86. The summed E-state index contributed by atoms with van der Waals surface area (Å²) in [6.45, 7) is 8.75. The van der Waals surface area contributed by atoms with Crippen molar-refractivity contribution in [2.45, 2.75) is 52.2 Å². The van der Waals surface area contributed by atoms with Gasteiger partial charge in [0.25, 0.3) is 0 Å². The van der Waals surface area contributed by atoms with Gasteiger partial charge in [-0.05, 0) is 64.8 Å². The van der Waals surface area contributed by atoms with Crippen LogP contribution >= 0.6 is 0 Å². The molecule has 1 N–H and O–H groups in total. The molecular formula is C21H28O5. The molecule has 1 aromatic heterocycles. The molecule has 0 saturated heterocycles. The van der Waals surface area contributed by atoms with E-state index in [-0.39, 0.29) is 5.63 Å². The Kier molecular flexibility index (Phi) is 7.00. The number of benzene rings is 1. The molecule has 0 fully saturated rings. The van der Waals surface area contributed by atoms with Crippen molar-refractivity contribution in [1.82, 2.24) is 0 Å². The van der Waals surface area contributed by atoms with Gasteiger partial charge in [-0.1, -0.05) is 5.57 Å². The van der Waals surface area contributed by atoms with Gasteiger partial charge >= 0.3 is 5.63 Å². The quantitative estimate of drug-likeness (QED) is 0.539. The van der Waals surface area contributed by atoms with Crippen LogP contribution in [-0.4, -0.2) is 30.0 Å². The van der Waals surface area contributed by atoms with E-state index in [1.165, 1.54) is 6.07 Å². The summed E-state index contributed by atoms with van der Waals surface area (Å²) >= 11 is 0. The fraction of sp³-hybridized carbons (Fsp3) is 0.476. The summed E-state index contributed by atoms with van der Waals surface area (Å²) in [4.78, 5) is 11.3. The van der Waals surface area contributed by atoms with Crippen molar-refractivity contribution in [2.75, 3.05) is 13.2 Å². The molecule has 1 heterocycles. The summed E-state index contributed by atoms with van der Waals surface area (Å²) in [5.41, 5.74) is 0.736. The zero-order chi connectivity index (χ0) is 19.2. The normalized spacial score (nSPS) is 13.8. The van der Waals surface area contributed by atoms with Crippen LogP contribution in [0.25, 0.3) is 11.0 Å². The van der Waals surface area contributed by atoms with E-state index in [2.05, 4.69) is 0 Å². The number of hydrogen-bond donors (Lipinski definition) is 1. The van der Waals surface area contributed by atoms with Crippen LogP contribution in [0.4, 0.5) is 0 Å². The lowest BCUT2D eigenvalue weighted by atomic mass is 9.95. The van der Waals surface area contributed by atoms with Crippen LogP contribution < -0.4 is 10.4 Å². The standard InChI is InChI=1S/C21H28O5/c1-5-25-21(3,4)19(22)10-6-15(2)12-13-24-17-9-7-16-8-11-20(23)26-18(16)14-17/h7-9,11-12,14,19,22H,5-6,10,13H2,1-4H3/t19-/m1/s1. The van der Waals surface area contributed by atoms with Gasteiger partial charge < -0.3 is 19.0 Å². The van der Waals surface area contributed by atoms with Crippen LogP contribution in [-0.2, 0) is 4.74 Å². The summed E-state index contributed by atoms with van der Waals surface area (Å²) in [5, 5.41) is 11.1. The van der Waals surface area contributed by atoms with Crippen LogP contribution in [0, 0.1) is 0 Å². The fourth-order valence-corrected chi connectivity index (χ4v) is 2.69. The highest BCUT2D eigenvalue weighted by atomic mass is 16.5. The second-order valence-corrected chi connectivity index (χ2v) is 6.91. The van der Waals surface area contributed by atoms with E-state index in [1.54, 1.807) is 12.1 Å². The van der Waals surface area contributed by atoms with Gasteiger partial charge in [0.15, 0.2) is 0 Å². The van der Waals surface area contributed by atoms with Gasteiger partial charge in [0.05, 0.1) is 11.7 Å². The number of fused-ring (bicyclic) bond motifs is 1. The molecule has 2 aromatic rings. The number of ether oxygens (including phenoxy) is 2. The van der Waals surface area contributed by atoms with E-state index in [9.17, 15) is 9.90 Å². The van der Waals surface area contributed by atoms with Gasteiger partial charge in [-0.2, -0.15) is 0 Å². The lowest BCUT2D eigenvalue weighted by Crippen LogP contribution is -2.39. The van der Waals surface area contributed by atoms with Crippen molar-refractivity contribution in [3.8, 4) is 5.75 Å². The average molecular weight is 360 g/mol. The molecule has 0 aliphatic carbocycles. The number of allylic oxidation sites excluding steroid dienone is 1. The van der Waals surface area contributed by atoms with Crippen LogP contribution in [0.1, 0.15) is 40.5 Å². The third kappa shape index (κ3) is 5.71. The Morgan fingerprint density at radius 3 is 2.77 bits per heavy atom. The van der Waals surface area contributed by atoms with E-state index in [0.29, 0.717) is 31.0 Å². The minimum absolute atomic E-state index is 0.376. The maximum atomic E-state index is 11.3. The second-order valence-electron chi connectivity index (χ2n) is 6.91. The molecular weight excluding hydrogens is 332 g/mol. The maximum absolute atomic E-state index is 11.3. The predicted octanol–water partition coefficient (Wildman–Crippen LogP) is 4.07. The highest BCUT2D eigenvalue weighted by molar-refractivity contribution is 5.77. The van der Waals surface area contributed by atoms with Gasteiger partial charge in [0, 0.05) is 24.1 Å². The lowest BCUT2D eigenvalue weighted by Gasteiger charge is -2.30. The first-order valence-corrected chi connectivity index (χ1v) is 8.96. The smallest absolute Gasteiger partial charge is 0.336 e. The first kappa shape index (κ1) is 20.2. The monoisotopic (exact) mass is 360 g/mol. The van der Waals surface area contributed by atoms with E-state index >= 15 is 0 Å². The highest BCUT2D eigenvalue weighted by Gasteiger charge is 2.27. The third-order valence-electron chi connectivity index (χ3n) is 4.41. The fourth-order valence-electron chi connectivity index (χ4n) is 2.69.